The van der Waals surface area contributed by atoms with Crippen LogP contribution in [0.15, 0.2) is 24.4 Å². The van der Waals surface area contributed by atoms with E-state index in [9.17, 15) is 4.79 Å². The van der Waals surface area contributed by atoms with Gasteiger partial charge < -0.3 is 10.4 Å². The second-order valence-corrected chi connectivity index (χ2v) is 6.71. The average molecular weight is 327 g/mol. The minimum Gasteiger partial charge on any atom is -0.480 e. The van der Waals surface area contributed by atoms with Gasteiger partial charge in [0.15, 0.2) is 0 Å². The first-order valence-electron chi connectivity index (χ1n) is 8.57. The lowest BCUT2D eigenvalue weighted by Crippen LogP contribution is -2.51. The smallest absolute Gasteiger partial charge is 0.317 e. The molecule has 3 rings (SSSR count). The predicted octanol–water partition coefficient (Wildman–Crippen LogP) is 3.20. The molecule has 1 aromatic carbocycles. The Morgan fingerprint density at radius 3 is 2.75 bits per heavy atom. The Morgan fingerprint density at radius 1 is 1.33 bits per heavy atom. The van der Waals surface area contributed by atoms with E-state index in [2.05, 4.69) is 42.3 Å². The third-order valence-corrected chi connectivity index (χ3v) is 5.01. The van der Waals surface area contributed by atoms with Gasteiger partial charge in [0, 0.05) is 29.4 Å². The highest BCUT2D eigenvalue weighted by Crippen LogP contribution is 2.33. The van der Waals surface area contributed by atoms with Crippen LogP contribution in [0.3, 0.4) is 0 Å². The molecular weight excluding hydrogens is 302 g/mol. The first-order chi connectivity index (χ1) is 11.5. The van der Waals surface area contributed by atoms with Gasteiger partial charge in [-0.15, -0.1) is 0 Å². The summed E-state index contributed by atoms with van der Waals surface area (Å²) in [7, 11) is 0. The third-order valence-electron chi connectivity index (χ3n) is 5.01. The van der Waals surface area contributed by atoms with E-state index in [4.69, 9.17) is 5.11 Å². The number of fused-ring (bicyclic) bond motifs is 1. The van der Waals surface area contributed by atoms with Crippen LogP contribution in [0, 0.1) is 13.8 Å². The molecule has 24 heavy (non-hydrogen) atoms. The number of nitrogens with one attached hydrogen (secondary N) is 1. The van der Waals surface area contributed by atoms with Gasteiger partial charge in [-0.1, -0.05) is 25.1 Å². The zero-order chi connectivity index (χ0) is 17.3. The Kier molecular flexibility index (Phi) is 4.71. The topological polar surface area (TPSA) is 65.5 Å². The summed E-state index contributed by atoms with van der Waals surface area (Å²) in [5.41, 5.74) is 4.53. The molecular formula is C19H25N3O2. The van der Waals surface area contributed by atoms with Gasteiger partial charge in [0.1, 0.15) is 0 Å². The maximum atomic E-state index is 10.9. The molecule has 1 heterocycles. The van der Waals surface area contributed by atoms with Crippen molar-refractivity contribution in [2.24, 2.45) is 0 Å². The third kappa shape index (κ3) is 3.22. The van der Waals surface area contributed by atoms with E-state index in [1.807, 2.05) is 18.0 Å². The highest BCUT2D eigenvalue weighted by molar-refractivity contribution is 5.94. The van der Waals surface area contributed by atoms with E-state index in [-0.39, 0.29) is 6.54 Å². The fraction of sp³-hybridized carbons (Fsp3) is 0.474. The highest BCUT2D eigenvalue weighted by Gasteiger charge is 2.34. The van der Waals surface area contributed by atoms with Crippen molar-refractivity contribution < 1.29 is 9.90 Å². The van der Waals surface area contributed by atoms with Crippen molar-refractivity contribution in [3.63, 3.8) is 0 Å². The maximum Gasteiger partial charge on any atom is 0.317 e. The number of para-hydroxylation sites is 1. The highest BCUT2D eigenvalue weighted by atomic mass is 16.4. The summed E-state index contributed by atoms with van der Waals surface area (Å²) < 4.78 is 0. The van der Waals surface area contributed by atoms with Crippen LogP contribution in [0.25, 0.3) is 10.9 Å². The molecule has 2 N–H and O–H groups in total. The number of benzene rings is 1. The standard InChI is InChI=1S/C19H25N3O2/c1-4-22(11-17(23)24)15-8-14(9-15)21-19-13(3)10-20-18-12(2)6-5-7-16(18)19/h5-7,10,14-15H,4,8-9,11H2,1-3H3,(H,20,21)(H,23,24). The minimum atomic E-state index is -0.750. The number of pyridine rings is 1. The number of rotatable bonds is 6. The van der Waals surface area contributed by atoms with Gasteiger partial charge in [-0.25, -0.2) is 0 Å². The van der Waals surface area contributed by atoms with E-state index in [1.165, 1.54) is 5.56 Å². The summed E-state index contributed by atoms with van der Waals surface area (Å²) in [6.07, 6.45) is 3.89. The molecule has 1 aliphatic carbocycles. The molecule has 5 nitrogen and oxygen atoms in total. The number of hydrogen-bond donors (Lipinski definition) is 2. The number of aryl methyl sites for hydroxylation is 2. The number of aromatic nitrogens is 1. The number of carboxylic acids is 1. The lowest BCUT2D eigenvalue weighted by molar-refractivity contribution is -0.139. The van der Waals surface area contributed by atoms with Crippen LogP contribution >= 0.6 is 0 Å². The van der Waals surface area contributed by atoms with Gasteiger partial charge in [0.25, 0.3) is 0 Å². The number of carbonyl (C=O) groups is 1. The largest absolute Gasteiger partial charge is 0.480 e. The summed E-state index contributed by atoms with van der Waals surface area (Å²) >= 11 is 0. The van der Waals surface area contributed by atoms with Gasteiger partial charge in [-0.2, -0.15) is 0 Å². The first kappa shape index (κ1) is 16.7. The van der Waals surface area contributed by atoms with Crippen molar-refractivity contribution >= 4 is 22.6 Å². The zero-order valence-electron chi connectivity index (χ0n) is 14.5. The van der Waals surface area contributed by atoms with Gasteiger partial charge in [-0.05, 0) is 44.4 Å². The maximum absolute atomic E-state index is 10.9. The van der Waals surface area contributed by atoms with E-state index in [0.717, 1.165) is 41.5 Å². The number of likely N-dealkylation sites (N-methyl/N-ethyl adjacent to an activating group) is 1. The predicted molar refractivity (Wildman–Crippen MR) is 96.5 cm³/mol. The molecule has 1 aromatic heterocycles. The Morgan fingerprint density at radius 2 is 2.08 bits per heavy atom. The molecule has 0 radical (unpaired) electrons. The van der Waals surface area contributed by atoms with Crippen LogP contribution < -0.4 is 5.32 Å². The lowest BCUT2D eigenvalue weighted by atomic mass is 9.85. The van der Waals surface area contributed by atoms with Crippen molar-refractivity contribution in [2.45, 2.75) is 45.7 Å². The van der Waals surface area contributed by atoms with E-state index >= 15 is 0 Å². The summed E-state index contributed by atoms with van der Waals surface area (Å²) in [6.45, 7) is 7.09. The normalized spacial score (nSPS) is 20.2. The molecule has 0 spiro atoms. The fourth-order valence-electron chi connectivity index (χ4n) is 3.54. The lowest BCUT2D eigenvalue weighted by Gasteiger charge is -2.43. The van der Waals surface area contributed by atoms with Gasteiger partial charge in [0.05, 0.1) is 12.1 Å². The number of anilines is 1. The van der Waals surface area contributed by atoms with Crippen LogP contribution in [-0.2, 0) is 4.79 Å². The Balaban J connectivity index is 1.72. The van der Waals surface area contributed by atoms with E-state index in [0.29, 0.717) is 12.1 Å². The minimum absolute atomic E-state index is 0.129. The second kappa shape index (κ2) is 6.77. The number of aliphatic carboxylic acids is 1. The molecule has 0 atom stereocenters. The first-order valence-corrected chi connectivity index (χ1v) is 8.57. The summed E-state index contributed by atoms with van der Waals surface area (Å²) in [6, 6.07) is 7.02. The second-order valence-electron chi connectivity index (χ2n) is 6.71. The zero-order valence-corrected chi connectivity index (χ0v) is 14.5. The van der Waals surface area contributed by atoms with Gasteiger partial charge >= 0.3 is 5.97 Å². The number of hydrogen-bond acceptors (Lipinski definition) is 4. The van der Waals surface area contributed by atoms with E-state index < -0.39 is 5.97 Å². The average Bonchev–Trinajstić information content (AvgIpc) is 2.50. The van der Waals surface area contributed by atoms with Crippen LogP contribution in [0.2, 0.25) is 0 Å². The molecule has 1 aliphatic rings. The fourth-order valence-corrected chi connectivity index (χ4v) is 3.54. The molecule has 1 saturated carbocycles. The van der Waals surface area contributed by atoms with Crippen molar-refractivity contribution in [2.75, 3.05) is 18.4 Å². The number of carboxylic acid groups (broad SMARTS) is 1. The monoisotopic (exact) mass is 327 g/mol. The molecule has 0 aliphatic heterocycles. The van der Waals surface area contributed by atoms with Crippen molar-refractivity contribution in [3.8, 4) is 0 Å². The molecule has 1 fully saturated rings. The van der Waals surface area contributed by atoms with Crippen molar-refractivity contribution in [1.29, 1.82) is 0 Å². The van der Waals surface area contributed by atoms with Crippen LogP contribution in [0.1, 0.15) is 30.9 Å². The summed E-state index contributed by atoms with van der Waals surface area (Å²) in [5, 5.41) is 13.8. The SMILES string of the molecule is CCN(CC(=O)O)C1CC(Nc2c(C)cnc3c(C)cccc23)C1. The van der Waals surface area contributed by atoms with Gasteiger partial charge in [-0.3, -0.25) is 14.7 Å². The van der Waals surface area contributed by atoms with E-state index in [1.54, 1.807) is 0 Å². The summed E-state index contributed by atoms with van der Waals surface area (Å²) in [5.74, 6) is -0.750. The Hall–Kier alpha value is -2.14. The molecule has 0 bridgehead atoms. The van der Waals surface area contributed by atoms with Gasteiger partial charge in [0.2, 0.25) is 0 Å². The summed E-state index contributed by atoms with van der Waals surface area (Å²) in [4.78, 5) is 17.6. The van der Waals surface area contributed by atoms with Crippen molar-refractivity contribution in [1.82, 2.24) is 9.88 Å². The molecule has 2 aromatic rings. The van der Waals surface area contributed by atoms with Crippen LogP contribution in [-0.4, -0.2) is 46.1 Å². The molecule has 5 heteroatoms. The molecule has 0 amide bonds. The Bertz CT molecular complexity index is 754. The molecule has 0 saturated heterocycles. The van der Waals surface area contributed by atoms with Crippen LogP contribution in [0.4, 0.5) is 5.69 Å². The quantitative estimate of drug-likeness (QED) is 0.853. The molecule has 0 unspecified atom stereocenters. The Labute approximate surface area is 142 Å². The van der Waals surface area contributed by atoms with Crippen molar-refractivity contribution in [3.05, 3.63) is 35.5 Å². The van der Waals surface area contributed by atoms with Crippen LogP contribution in [0.5, 0.6) is 0 Å². The molecule has 128 valence electrons. The number of nitrogens with zero attached hydrogens (tertiary/aromatic N) is 2.